The highest BCUT2D eigenvalue weighted by Crippen LogP contribution is 2.31. The molecule has 0 unspecified atom stereocenters. The van der Waals surface area contributed by atoms with Gasteiger partial charge in [0.2, 0.25) is 0 Å². The van der Waals surface area contributed by atoms with E-state index in [4.69, 9.17) is 11.6 Å². The van der Waals surface area contributed by atoms with E-state index in [2.05, 4.69) is 4.98 Å². The highest BCUT2D eigenvalue weighted by molar-refractivity contribution is 6.31. The summed E-state index contributed by atoms with van der Waals surface area (Å²) >= 11 is 6.01. The van der Waals surface area contributed by atoms with Crippen LogP contribution in [0, 0.1) is 6.92 Å². The van der Waals surface area contributed by atoms with E-state index in [1.54, 1.807) is 18.3 Å². The van der Waals surface area contributed by atoms with Crippen LogP contribution in [0.5, 0.6) is 5.75 Å². The molecule has 0 saturated heterocycles. The lowest BCUT2D eigenvalue weighted by atomic mass is 10.0. The summed E-state index contributed by atoms with van der Waals surface area (Å²) in [6.45, 7) is 1.91. The molecule has 1 aromatic carbocycles. The Morgan fingerprint density at radius 3 is 2.73 bits per heavy atom. The predicted octanol–water partition coefficient (Wildman–Crippen LogP) is 3.42. The van der Waals surface area contributed by atoms with Crippen molar-refractivity contribution in [3.8, 4) is 17.0 Å². The molecular formula is C12H10ClNO. The highest BCUT2D eigenvalue weighted by atomic mass is 35.5. The zero-order chi connectivity index (χ0) is 10.8. The lowest BCUT2D eigenvalue weighted by Crippen LogP contribution is -1.87. The van der Waals surface area contributed by atoms with E-state index in [-0.39, 0.29) is 5.75 Å². The van der Waals surface area contributed by atoms with E-state index < -0.39 is 0 Å². The lowest BCUT2D eigenvalue weighted by Gasteiger charge is -2.07. The molecule has 3 heteroatoms. The largest absolute Gasteiger partial charge is 0.506 e. The van der Waals surface area contributed by atoms with Gasteiger partial charge in [-0.2, -0.15) is 0 Å². The fraction of sp³-hybridized carbons (Fsp3) is 0.0833. The van der Waals surface area contributed by atoms with Crippen molar-refractivity contribution in [2.45, 2.75) is 6.92 Å². The molecule has 1 heterocycles. The summed E-state index contributed by atoms with van der Waals surface area (Å²) in [5.74, 6) is 0.169. The van der Waals surface area contributed by atoms with Gasteiger partial charge in [-0.1, -0.05) is 23.7 Å². The Kier molecular flexibility index (Phi) is 2.60. The fourth-order valence-electron chi connectivity index (χ4n) is 1.47. The van der Waals surface area contributed by atoms with Crippen molar-refractivity contribution >= 4 is 11.6 Å². The topological polar surface area (TPSA) is 33.1 Å². The first-order valence-electron chi connectivity index (χ1n) is 4.59. The van der Waals surface area contributed by atoms with Gasteiger partial charge in [0.05, 0.1) is 0 Å². The average Bonchev–Trinajstić information content (AvgIpc) is 2.23. The summed E-state index contributed by atoms with van der Waals surface area (Å²) in [4.78, 5) is 4.14. The first-order valence-corrected chi connectivity index (χ1v) is 4.97. The summed E-state index contributed by atoms with van der Waals surface area (Å²) in [5, 5.41) is 10.4. The second-order valence-electron chi connectivity index (χ2n) is 3.28. The number of aromatic nitrogens is 1. The van der Waals surface area contributed by atoms with Crippen molar-refractivity contribution in [3.63, 3.8) is 0 Å². The third-order valence-electron chi connectivity index (χ3n) is 2.31. The van der Waals surface area contributed by atoms with Crippen LogP contribution < -0.4 is 0 Å². The standard InChI is InChI=1S/C12H10ClNO/c1-8-9(4-2-5-10(8)13)12-11(15)6-3-7-14-12/h2-7,15H,1H3. The van der Waals surface area contributed by atoms with E-state index in [0.717, 1.165) is 11.1 Å². The maximum atomic E-state index is 9.67. The van der Waals surface area contributed by atoms with Crippen molar-refractivity contribution in [3.05, 3.63) is 47.1 Å². The van der Waals surface area contributed by atoms with Gasteiger partial charge in [-0.25, -0.2) is 0 Å². The van der Waals surface area contributed by atoms with Crippen LogP contribution in [-0.2, 0) is 0 Å². The molecule has 0 aliphatic heterocycles. The Bertz CT molecular complexity index is 497. The van der Waals surface area contributed by atoms with Gasteiger partial charge < -0.3 is 5.11 Å². The van der Waals surface area contributed by atoms with Gasteiger partial charge in [0, 0.05) is 16.8 Å². The molecule has 0 spiro atoms. The Labute approximate surface area is 93.2 Å². The van der Waals surface area contributed by atoms with E-state index >= 15 is 0 Å². The summed E-state index contributed by atoms with van der Waals surface area (Å²) in [6.07, 6.45) is 1.65. The van der Waals surface area contributed by atoms with Crippen molar-refractivity contribution in [1.29, 1.82) is 0 Å². The van der Waals surface area contributed by atoms with Gasteiger partial charge in [0.1, 0.15) is 11.4 Å². The molecule has 0 bridgehead atoms. The quantitative estimate of drug-likeness (QED) is 0.797. The van der Waals surface area contributed by atoms with Crippen LogP contribution in [0.25, 0.3) is 11.3 Å². The van der Waals surface area contributed by atoms with Crippen LogP contribution in [0.3, 0.4) is 0 Å². The molecule has 0 amide bonds. The van der Waals surface area contributed by atoms with Gasteiger partial charge in [-0.05, 0) is 30.7 Å². The summed E-state index contributed by atoms with van der Waals surface area (Å²) in [7, 11) is 0. The molecule has 15 heavy (non-hydrogen) atoms. The Morgan fingerprint density at radius 2 is 2.00 bits per heavy atom. The zero-order valence-corrected chi connectivity index (χ0v) is 8.99. The van der Waals surface area contributed by atoms with Crippen LogP contribution in [0.15, 0.2) is 36.5 Å². The van der Waals surface area contributed by atoms with E-state index in [1.807, 2.05) is 25.1 Å². The molecule has 1 N–H and O–H groups in total. The molecule has 0 fully saturated rings. The Hall–Kier alpha value is -1.54. The summed E-state index contributed by atoms with van der Waals surface area (Å²) < 4.78 is 0. The number of rotatable bonds is 1. The van der Waals surface area contributed by atoms with Crippen LogP contribution in [0.4, 0.5) is 0 Å². The Morgan fingerprint density at radius 1 is 1.20 bits per heavy atom. The normalized spacial score (nSPS) is 10.3. The van der Waals surface area contributed by atoms with Crippen molar-refractivity contribution in [1.82, 2.24) is 4.98 Å². The van der Waals surface area contributed by atoms with Crippen LogP contribution in [0.1, 0.15) is 5.56 Å². The molecular weight excluding hydrogens is 210 g/mol. The van der Waals surface area contributed by atoms with Crippen LogP contribution >= 0.6 is 11.6 Å². The maximum absolute atomic E-state index is 9.67. The number of halogens is 1. The van der Waals surface area contributed by atoms with Gasteiger partial charge in [-0.15, -0.1) is 0 Å². The minimum absolute atomic E-state index is 0.169. The van der Waals surface area contributed by atoms with Gasteiger partial charge in [0.25, 0.3) is 0 Å². The zero-order valence-electron chi connectivity index (χ0n) is 8.24. The van der Waals surface area contributed by atoms with Gasteiger partial charge >= 0.3 is 0 Å². The van der Waals surface area contributed by atoms with Crippen molar-refractivity contribution < 1.29 is 5.11 Å². The number of aromatic hydroxyl groups is 1. The maximum Gasteiger partial charge on any atom is 0.141 e. The number of pyridine rings is 1. The molecule has 2 nitrogen and oxygen atoms in total. The third kappa shape index (κ3) is 1.81. The predicted molar refractivity (Wildman–Crippen MR) is 61.1 cm³/mol. The van der Waals surface area contributed by atoms with Crippen molar-refractivity contribution in [2.75, 3.05) is 0 Å². The minimum Gasteiger partial charge on any atom is -0.506 e. The molecule has 0 saturated carbocycles. The lowest BCUT2D eigenvalue weighted by molar-refractivity contribution is 0.475. The highest BCUT2D eigenvalue weighted by Gasteiger charge is 2.09. The Balaban J connectivity index is 2.65. The number of nitrogens with zero attached hydrogens (tertiary/aromatic N) is 1. The number of benzene rings is 1. The molecule has 1 aromatic heterocycles. The number of hydrogen-bond donors (Lipinski definition) is 1. The smallest absolute Gasteiger partial charge is 0.141 e. The molecule has 0 atom stereocenters. The van der Waals surface area contributed by atoms with Gasteiger partial charge in [-0.3, -0.25) is 4.98 Å². The SMILES string of the molecule is Cc1c(Cl)cccc1-c1ncccc1O. The van der Waals surface area contributed by atoms with Crippen LogP contribution in [-0.4, -0.2) is 10.1 Å². The minimum atomic E-state index is 0.169. The molecule has 0 aliphatic carbocycles. The van der Waals surface area contributed by atoms with Gasteiger partial charge in [0.15, 0.2) is 0 Å². The number of hydrogen-bond acceptors (Lipinski definition) is 2. The first kappa shape index (κ1) is 9.99. The fourth-order valence-corrected chi connectivity index (χ4v) is 1.64. The van der Waals surface area contributed by atoms with E-state index in [9.17, 15) is 5.11 Å². The molecule has 0 radical (unpaired) electrons. The molecule has 76 valence electrons. The molecule has 2 rings (SSSR count). The average molecular weight is 220 g/mol. The van der Waals surface area contributed by atoms with E-state index in [0.29, 0.717) is 10.7 Å². The second-order valence-corrected chi connectivity index (χ2v) is 3.69. The second kappa shape index (κ2) is 3.91. The van der Waals surface area contributed by atoms with Crippen LogP contribution in [0.2, 0.25) is 5.02 Å². The van der Waals surface area contributed by atoms with E-state index in [1.165, 1.54) is 0 Å². The first-order chi connectivity index (χ1) is 7.20. The summed E-state index contributed by atoms with van der Waals surface area (Å²) in [6, 6.07) is 8.86. The molecule has 0 aliphatic rings. The van der Waals surface area contributed by atoms with Crippen molar-refractivity contribution in [2.24, 2.45) is 0 Å². The summed E-state index contributed by atoms with van der Waals surface area (Å²) in [5.41, 5.74) is 2.35. The third-order valence-corrected chi connectivity index (χ3v) is 2.72. The molecule has 2 aromatic rings. The monoisotopic (exact) mass is 219 g/mol.